The van der Waals surface area contributed by atoms with Crippen molar-refractivity contribution in [2.24, 2.45) is 0 Å². The third-order valence-corrected chi connectivity index (χ3v) is 3.73. The monoisotopic (exact) mass is 300 g/mol. The van der Waals surface area contributed by atoms with E-state index in [0.717, 1.165) is 6.42 Å². The molecule has 2 unspecified atom stereocenters. The third kappa shape index (κ3) is 4.00. The highest BCUT2D eigenvalue weighted by Gasteiger charge is 2.39. The molecule has 2 aliphatic rings. The lowest BCUT2D eigenvalue weighted by Crippen LogP contribution is -2.48. The largest absolute Gasteiger partial charge is 0.465 e. The van der Waals surface area contributed by atoms with Crippen LogP contribution in [0.25, 0.3) is 0 Å². The molecule has 0 aromatic heterocycles. The molecule has 1 N–H and O–H groups in total. The molecule has 120 valence electrons. The molecule has 2 fully saturated rings. The molecular weight excluding hydrogens is 276 g/mol. The van der Waals surface area contributed by atoms with Gasteiger partial charge in [0.25, 0.3) is 0 Å². The highest BCUT2D eigenvalue weighted by molar-refractivity contribution is 5.69. The minimum absolute atomic E-state index is 0.105. The third-order valence-electron chi connectivity index (χ3n) is 3.73. The standard InChI is InChI=1S/C14H24N2O5/c1-14(2,3)21-13(19)15-6-4-10(8-15)16(12(17)18)11-5-7-20-9-11/h10-11H,4-9H2,1-3H3,(H,17,18). The molecule has 0 aromatic carbocycles. The van der Waals surface area contributed by atoms with Crippen LogP contribution in [-0.2, 0) is 9.47 Å². The van der Waals surface area contributed by atoms with E-state index < -0.39 is 11.7 Å². The smallest absolute Gasteiger partial charge is 0.410 e. The summed E-state index contributed by atoms with van der Waals surface area (Å²) in [4.78, 5) is 26.6. The summed E-state index contributed by atoms with van der Waals surface area (Å²) in [6.07, 6.45) is 0.0386. The maximum absolute atomic E-state index is 12.0. The first-order chi connectivity index (χ1) is 9.78. The predicted molar refractivity (Wildman–Crippen MR) is 75.3 cm³/mol. The molecule has 0 aliphatic carbocycles. The van der Waals surface area contributed by atoms with Crippen molar-refractivity contribution in [2.45, 2.75) is 51.3 Å². The van der Waals surface area contributed by atoms with Gasteiger partial charge in [-0.05, 0) is 33.6 Å². The van der Waals surface area contributed by atoms with Gasteiger partial charge in [-0.3, -0.25) is 4.90 Å². The van der Waals surface area contributed by atoms with Crippen LogP contribution in [0.1, 0.15) is 33.6 Å². The number of carbonyl (C=O) groups is 2. The van der Waals surface area contributed by atoms with Gasteiger partial charge in [0.05, 0.1) is 18.7 Å². The first kappa shape index (κ1) is 15.9. The van der Waals surface area contributed by atoms with Crippen LogP contribution >= 0.6 is 0 Å². The van der Waals surface area contributed by atoms with Crippen molar-refractivity contribution in [3.05, 3.63) is 0 Å². The maximum Gasteiger partial charge on any atom is 0.410 e. The van der Waals surface area contributed by atoms with Crippen molar-refractivity contribution in [1.29, 1.82) is 0 Å². The van der Waals surface area contributed by atoms with E-state index in [1.807, 2.05) is 20.8 Å². The Morgan fingerprint density at radius 1 is 1.29 bits per heavy atom. The molecule has 2 rings (SSSR count). The minimum Gasteiger partial charge on any atom is -0.465 e. The summed E-state index contributed by atoms with van der Waals surface area (Å²) in [5.41, 5.74) is -0.541. The Balaban J connectivity index is 1.96. The molecule has 0 saturated carbocycles. The topological polar surface area (TPSA) is 79.3 Å². The van der Waals surface area contributed by atoms with E-state index in [1.54, 1.807) is 4.90 Å². The summed E-state index contributed by atoms with van der Waals surface area (Å²) < 4.78 is 10.6. The predicted octanol–water partition coefficient (Wildman–Crippen LogP) is 1.76. The number of hydrogen-bond acceptors (Lipinski definition) is 4. The molecular formula is C14H24N2O5. The van der Waals surface area contributed by atoms with Gasteiger partial charge in [0.1, 0.15) is 5.60 Å². The maximum atomic E-state index is 12.0. The highest BCUT2D eigenvalue weighted by atomic mass is 16.6. The zero-order chi connectivity index (χ0) is 15.6. The van der Waals surface area contributed by atoms with Gasteiger partial charge >= 0.3 is 12.2 Å². The van der Waals surface area contributed by atoms with Gasteiger partial charge < -0.3 is 19.5 Å². The van der Waals surface area contributed by atoms with Gasteiger partial charge in [-0.2, -0.15) is 0 Å². The van der Waals surface area contributed by atoms with Gasteiger partial charge in [-0.15, -0.1) is 0 Å². The quantitative estimate of drug-likeness (QED) is 0.840. The second-order valence-corrected chi connectivity index (χ2v) is 6.58. The van der Waals surface area contributed by atoms with Crippen molar-refractivity contribution < 1.29 is 24.2 Å². The first-order valence-electron chi connectivity index (χ1n) is 7.35. The van der Waals surface area contributed by atoms with Crippen LogP contribution in [0, 0.1) is 0 Å². The van der Waals surface area contributed by atoms with E-state index in [1.165, 1.54) is 4.90 Å². The van der Waals surface area contributed by atoms with Crippen molar-refractivity contribution >= 4 is 12.2 Å². The number of nitrogens with zero attached hydrogens (tertiary/aromatic N) is 2. The molecule has 7 heteroatoms. The molecule has 7 nitrogen and oxygen atoms in total. The Kier molecular flexibility index (Phi) is 4.61. The second kappa shape index (κ2) is 6.09. The van der Waals surface area contributed by atoms with Gasteiger partial charge in [-0.1, -0.05) is 0 Å². The average Bonchev–Trinajstić information content (AvgIpc) is 2.97. The zero-order valence-corrected chi connectivity index (χ0v) is 12.9. The van der Waals surface area contributed by atoms with Gasteiger partial charge in [0, 0.05) is 19.7 Å². The minimum atomic E-state index is -0.943. The number of amides is 2. The van der Waals surface area contributed by atoms with Crippen LogP contribution < -0.4 is 0 Å². The van der Waals surface area contributed by atoms with E-state index in [0.29, 0.717) is 32.7 Å². The lowest BCUT2D eigenvalue weighted by molar-refractivity contribution is 0.0270. The van der Waals surface area contributed by atoms with E-state index in [4.69, 9.17) is 9.47 Å². The Labute approximate surface area is 124 Å². The SMILES string of the molecule is CC(C)(C)OC(=O)N1CCC(N(C(=O)O)C2CCOC2)C1. The van der Waals surface area contributed by atoms with E-state index in [-0.39, 0.29) is 18.2 Å². The number of carbonyl (C=O) groups excluding carboxylic acids is 1. The van der Waals surface area contributed by atoms with Crippen LogP contribution in [0.5, 0.6) is 0 Å². The lowest BCUT2D eigenvalue weighted by Gasteiger charge is -2.31. The summed E-state index contributed by atoms with van der Waals surface area (Å²) in [5, 5.41) is 9.44. The van der Waals surface area contributed by atoms with E-state index >= 15 is 0 Å². The Hall–Kier alpha value is -1.50. The zero-order valence-electron chi connectivity index (χ0n) is 12.9. The highest BCUT2D eigenvalue weighted by Crippen LogP contribution is 2.23. The number of hydrogen-bond donors (Lipinski definition) is 1. The molecule has 21 heavy (non-hydrogen) atoms. The summed E-state index contributed by atoms with van der Waals surface area (Å²) >= 11 is 0. The molecule has 2 amide bonds. The van der Waals surface area contributed by atoms with Crippen LogP contribution in [0.2, 0.25) is 0 Å². The molecule has 0 bridgehead atoms. The molecule has 0 spiro atoms. The summed E-state index contributed by atoms with van der Waals surface area (Å²) in [7, 11) is 0. The Morgan fingerprint density at radius 2 is 2.00 bits per heavy atom. The van der Waals surface area contributed by atoms with Crippen LogP contribution in [0.15, 0.2) is 0 Å². The van der Waals surface area contributed by atoms with Crippen molar-refractivity contribution in [3.63, 3.8) is 0 Å². The normalized spacial score (nSPS) is 26.0. The molecule has 0 radical (unpaired) electrons. The van der Waals surface area contributed by atoms with Crippen molar-refractivity contribution in [3.8, 4) is 0 Å². The molecule has 2 saturated heterocycles. The summed E-state index contributed by atoms with van der Waals surface area (Å²) in [6, 6.07) is -0.284. The first-order valence-corrected chi connectivity index (χ1v) is 7.35. The number of ether oxygens (including phenoxy) is 2. The van der Waals surface area contributed by atoms with Gasteiger partial charge in [0.15, 0.2) is 0 Å². The summed E-state index contributed by atoms with van der Waals surface area (Å²) in [5.74, 6) is 0. The molecule has 2 aliphatic heterocycles. The van der Waals surface area contributed by atoms with E-state index in [2.05, 4.69) is 0 Å². The number of likely N-dealkylation sites (tertiary alicyclic amines) is 1. The van der Waals surface area contributed by atoms with Crippen molar-refractivity contribution in [2.75, 3.05) is 26.3 Å². The fourth-order valence-corrected chi connectivity index (χ4v) is 2.81. The van der Waals surface area contributed by atoms with Gasteiger partial charge in [0.2, 0.25) is 0 Å². The second-order valence-electron chi connectivity index (χ2n) is 6.58. The number of rotatable bonds is 2. The summed E-state index contributed by atoms with van der Waals surface area (Å²) in [6.45, 7) is 7.40. The average molecular weight is 300 g/mol. The van der Waals surface area contributed by atoms with Crippen LogP contribution in [0.4, 0.5) is 9.59 Å². The Morgan fingerprint density at radius 3 is 2.52 bits per heavy atom. The fraction of sp³-hybridized carbons (Fsp3) is 0.857. The van der Waals surface area contributed by atoms with E-state index in [9.17, 15) is 14.7 Å². The lowest BCUT2D eigenvalue weighted by atomic mass is 10.1. The van der Waals surface area contributed by atoms with Crippen LogP contribution in [-0.4, -0.2) is 71.1 Å². The van der Waals surface area contributed by atoms with Crippen molar-refractivity contribution in [1.82, 2.24) is 9.80 Å². The fourth-order valence-electron chi connectivity index (χ4n) is 2.81. The molecule has 2 heterocycles. The molecule has 0 aromatic rings. The number of carboxylic acid groups (broad SMARTS) is 1. The van der Waals surface area contributed by atoms with Crippen LogP contribution in [0.3, 0.4) is 0 Å². The van der Waals surface area contributed by atoms with Gasteiger partial charge in [-0.25, -0.2) is 9.59 Å². The molecule has 2 atom stereocenters. The Bertz CT molecular complexity index is 401.